The largest absolute Gasteiger partial charge is 0.119 e. The zero-order chi connectivity index (χ0) is 9.03. The molecule has 1 rings (SSSR count). The Morgan fingerprint density at radius 1 is 1.25 bits per heavy atom. The van der Waals surface area contributed by atoms with Crippen LogP contribution in [0, 0.1) is 0 Å². The second-order valence-corrected chi connectivity index (χ2v) is 4.34. The molecule has 0 spiro atoms. The Balaban J connectivity index is 2.64. The van der Waals surface area contributed by atoms with E-state index in [2.05, 4.69) is 38.1 Å². The average Bonchev–Trinajstić information content (AvgIpc) is 2.06. The standard InChI is InChI=1S/C11H15Cl/c1-3-11(2,12)9-10-7-5-4-6-8-10/h4-8H,3,9H2,1-2H3. The van der Waals surface area contributed by atoms with Gasteiger partial charge in [0.1, 0.15) is 0 Å². The van der Waals surface area contributed by atoms with E-state index >= 15 is 0 Å². The molecule has 0 bridgehead atoms. The molecule has 66 valence electrons. The summed E-state index contributed by atoms with van der Waals surface area (Å²) < 4.78 is 0. The Bertz CT molecular complexity index is 226. The lowest BCUT2D eigenvalue weighted by molar-refractivity contribution is 0.604. The summed E-state index contributed by atoms with van der Waals surface area (Å²) in [5, 5.41) is 0. The third kappa shape index (κ3) is 2.86. The first-order valence-corrected chi connectivity index (χ1v) is 4.75. The van der Waals surface area contributed by atoms with Crippen LogP contribution in [0.2, 0.25) is 0 Å². The molecule has 0 aliphatic rings. The van der Waals surface area contributed by atoms with Crippen molar-refractivity contribution in [1.82, 2.24) is 0 Å². The Kier molecular flexibility index (Phi) is 3.16. The Morgan fingerprint density at radius 3 is 2.33 bits per heavy atom. The van der Waals surface area contributed by atoms with E-state index in [9.17, 15) is 0 Å². The molecule has 1 unspecified atom stereocenters. The molecule has 0 saturated carbocycles. The van der Waals surface area contributed by atoms with E-state index in [1.807, 2.05) is 6.07 Å². The van der Waals surface area contributed by atoms with Gasteiger partial charge in [0.25, 0.3) is 0 Å². The summed E-state index contributed by atoms with van der Waals surface area (Å²) in [6.45, 7) is 4.21. The maximum absolute atomic E-state index is 6.26. The maximum Gasteiger partial charge on any atom is 0.0456 e. The SMILES string of the molecule is CCC(C)(Cl)Cc1ccccc1. The summed E-state index contributed by atoms with van der Waals surface area (Å²) in [7, 11) is 0. The highest BCUT2D eigenvalue weighted by Gasteiger charge is 2.17. The van der Waals surface area contributed by atoms with Gasteiger partial charge in [0.15, 0.2) is 0 Å². The molecule has 0 aliphatic heterocycles. The van der Waals surface area contributed by atoms with Gasteiger partial charge in [-0.05, 0) is 25.3 Å². The number of rotatable bonds is 3. The fraction of sp³-hybridized carbons (Fsp3) is 0.455. The van der Waals surface area contributed by atoms with Crippen molar-refractivity contribution in [2.24, 2.45) is 0 Å². The van der Waals surface area contributed by atoms with Crippen LogP contribution < -0.4 is 0 Å². The van der Waals surface area contributed by atoms with E-state index in [-0.39, 0.29) is 4.87 Å². The number of hydrogen-bond donors (Lipinski definition) is 0. The lowest BCUT2D eigenvalue weighted by atomic mass is 9.98. The van der Waals surface area contributed by atoms with Gasteiger partial charge in [-0.3, -0.25) is 0 Å². The predicted octanol–water partition coefficient (Wildman–Crippen LogP) is 3.64. The van der Waals surface area contributed by atoms with Gasteiger partial charge in [-0.1, -0.05) is 37.3 Å². The highest BCUT2D eigenvalue weighted by molar-refractivity contribution is 6.23. The summed E-state index contributed by atoms with van der Waals surface area (Å²) in [6.07, 6.45) is 1.95. The highest BCUT2D eigenvalue weighted by atomic mass is 35.5. The van der Waals surface area contributed by atoms with E-state index in [4.69, 9.17) is 11.6 Å². The maximum atomic E-state index is 6.26. The van der Waals surface area contributed by atoms with Crippen molar-refractivity contribution in [1.29, 1.82) is 0 Å². The molecular formula is C11H15Cl. The summed E-state index contributed by atoms with van der Waals surface area (Å²) in [6, 6.07) is 10.4. The minimum atomic E-state index is -0.0820. The van der Waals surface area contributed by atoms with Crippen molar-refractivity contribution in [3.8, 4) is 0 Å². The third-order valence-electron chi connectivity index (χ3n) is 2.15. The molecule has 0 radical (unpaired) electrons. The fourth-order valence-electron chi connectivity index (χ4n) is 1.15. The van der Waals surface area contributed by atoms with E-state index in [1.54, 1.807) is 0 Å². The monoisotopic (exact) mass is 182 g/mol. The highest BCUT2D eigenvalue weighted by Crippen LogP contribution is 2.23. The topological polar surface area (TPSA) is 0 Å². The summed E-state index contributed by atoms with van der Waals surface area (Å²) >= 11 is 6.26. The van der Waals surface area contributed by atoms with E-state index in [1.165, 1.54) is 5.56 Å². The molecule has 1 aromatic rings. The van der Waals surface area contributed by atoms with Crippen LogP contribution in [0.3, 0.4) is 0 Å². The van der Waals surface area contributed by atoms with Crippen LogP contribution in [0.25, 0.3) is 0 Å². The van der Waals surface area contributed by atoms with Crippen molar-refractivity contribution >= 4 is 11.6 Å². The van der Waals surface area contributed by atoms with Crippen LogP contribution in [-0.2, 0) is 6.42 Å². The number of alkyl halides is 1. The van der Waals surface area contributed by atoms with Crippen LogP contribution in [0.4, 0.5) is 0 Å². The quantitative estimate of drug-likeness (QED) is 0.627. The molecule has 0 aliphatic carbocycles. The molecule has 1 aromatic carbocycles. The van der Waals surface area contributed by atoms with Gasteiger partial charge >= 0.3 is 0 Å². The predicted molar refractivity (Wildman–Crippen MR) is 54.7 cm³/mol. The molecule has 0 aromatic heterocycles. The van der Waals surface area contributed by atoms with Crippen molar-refractivity contribution in [2.45, 2.75) is 31.6 Å². The lowest BCUT2D eigenvalue weighted by Crippen LogP contribution is -2.17. The molecule has 0 amide bonds. The second-order valence-electron chi connectivity index (χ2n) is 3.43. The summed E-state index contributed by atoms with van der Waals surface area (Å²) in [5.41, 5.74) is 1.32. The molecule has 1 heteroatoms. The number of benzene rings is 1. The molecule has 0 heterocycles. The molecular weight excluding hydrogens is 168 g/mol. The number of halogens is 1. The molecule has 0 nitrogen and oxygen atoms in total. The number of hydrogen-bond acceptors (Lipinski definition) is 0. The molecule has 12 heavy (non-hydrogen) atoms. The van der Waals surface area contributed by atoms with Crippen molar-refractivity contribution in [2.75, 3.05) is 0 Å². The van der Waals surface area contributed by atoms with E-state index in [0.717, 1.165) is 12.8 Å². The van der Waals surface area contributed by atoms with E-state index < -0.39 is 0 Å². The fourth-order valence-corrected chi connectivity index (χ4v) is 1.30. The summed E-state index contributed by atoms with van der Waals surface area (Å²) in [4.78, 5) is -0.0820. The molecule has 0 fully saturated rings. The van der Waals surface area contributed by atoms with Crippen LogP contribution >= 0.6 is 11.6 Å². The first kappa shape index (κ1) is 9.60. The first-order chi connectivity index (χ1) is 5.64. The normalized spacial score (nSPS) is 15.6. The van der Waals surface area contributed by atoms with Crippen LogP contribution in [0.5, 0.6) is 0 Å². The minimum absolute atomic E-state index is 0.0820. The second kappa shape index (κ2) is 3.95. The Labute approximate surface area is 79.6 Å². The molecule has 0 saturated heterocycles. The van der Waals surface area contributed by atoms with Crippen LogP contribution in [0.1, 0.15) is 25.8 Å². The third-order valence-corrected chi connectivity index (χ3v) is 2.55. The van der Waals surface area contributed by atoms with Gasteiger partial charge in [-0.25, -0.2) is 0 Å². The molecule has 0 N–H and O–H groups in total. The first-order valence-electron chi connectivity index (χ1n) is 4.37. The van der Waals surface area contributed by atoms with Crippen LogP contribution in [0.15, 0.2) is 30.3 Å². The Hall–Kier alpha value is -0.490. The van der Waals surface area contributed by atoms with Gasteiger partial charge in [-0.15, -0.1) is 11.6 Å². The van der Waals surface area contributed by atoms with Gasteiger partial charge in [0.05, 0.1) is 0 Å². The van der Waals surface area contributed by atoms with Gasteiger partial charge < -0.3 is 0 Å². The smallest absolute Gasteiger partial charge is 0.0456 e. The summed E-state index contributed by atoms with van der Waals surface area (Å²) in [5.74, 6) is 0. The van der Waals surface area contributed by atoms with E-state index in [0.29, 0.717) is 0 Å². The van der Waals surface area contributed by atoms with Crippen molar-refractivity contribution in [3.05, 3.63) is 35.9 Å². The Morgan fingerprint density at radius 2 is 1.83 bits per heavy atom. The van der Waals surface area contributed by atoms with Gasteiger partial charge in [-0.2, -0.15) is 0 Å². The zero-order valence-electron chi connectivity index (χ0n) is 7.68. The lowest BCUT2D eigenvalue weighted by Gasteiger charge is -2.19. The average molecular weight is 183 g/mol. The van der Waals surface area contributed by atoms with Gasteiger partial charge in [0, 0.05) is 4.87 Å². The van der Waals surface area contributed by atoms with Crippen molar-refractivity contribution in [3.63, 3.8) is 0 Å². The van der Waals surface area contributed by atoms with Gasteiger partial charge in [0.2, 0.25) is 0 Å². The minimum Gasteiger partial charge on any atom is -0.119 e. The zero-order valence-corrected chi connectivity index (χ0v) is 8.43. The van der Waals surface area contributed by atoms with Crippen molar-refractivity contribution < 1.29 is 0 Å². The molecule has 1 atom stereocenters. The van der Waals surface area contributed by atoms with Crippen LogP contribution in [-0.4, -0.2) is 4.87 Å².